The number of carbonyl (C=O) groups excluding carboxylic acids is 2. The summed E-state index contributed by atoms with van der Waals surface area (Å²) in [6.07, 6.45) is 0.793. The number of carbonyl (C=O) groups is 2. The summed E-state index contributed by atoms with van der Waals surface area (Å²) in [5.74, 6) is -1.30. The predicted octanol–water partition coefficient (Wildman–Crippen LogP) is 1.13. The molecule has 0 saturated heterocycles. The molecule has 0 bridgehead atoms. The Morgan fingerprint density at radius 3 is 2.71 bits per heavy atom. The second-order valence-electron chi connectivity index (χ2n) is 3.97. The number of esters is 1. The van der Waals surface area contributed by atoms with Crippen molar-refractivity contribution in [3.63, 3.8) is 0 Å². The van der Waals surface area contributed by atoms with E-state index in [1.807, 2.05) is 18.2 Å². The zero-order valence-electron chi connectivity index (χ0n) is 9.81. The van der Waals surface area contributed by atoms with Gasteiger partial charge in [-0.25, -0.2) is 4.79 Å². The molecule has 0 fully saturated rings. The maximum absolute atomic E-state index is 11.7. The second-order valence-corrected chi connectivity index (χ2v) is 3.97. The summed E-state index contributed by atoms with van der Waals surface area (Å²) in [5.41, 5.74) is 2.36. The van der Waals surface area contributed by atoms with Crippen LogP contribution in [0.4, 0.5) is 0 Å². The van der Waals surface area contributed by atoms with Crippen LogP contribution < -0.4 is 0 Å². The zero-order valence-corrected chi connectivity index (χ0v) is 9.81. The lowest BCUT2D eigenvalue weighted by Crippen LogP contribution is -2.40. The van der Waals surface area contributed by atoms with Gasteiger partial charge in [-0.2, -0.15) is 0 Å². The standard InChI is InChI=1S/C13H15NO3/c1-2-17-13(16)12(15)14-8-7-10-5-3-4-6-11(10)9-14/h3-6H,2,7-9H2,1H3. The number of fused-ring (bicyclic) bond motifs is 1. The van der Waals surface area contributed by atoms with Crippen molar-refractivity contribution in [3.05, 3.63) is 35.4 Å². The fraction of sp³-hybridized carbons (Fsp3) is 0.385. The number of rotatable bonds is 1. The van der Waals surface area contributed by atoms with E-state index in [1.165, 1.54) is 5.56 Å². The minimum absolute atomic E-state index is 0.231. The minimum atomic E-state index is -0.758. The van der Waals surface area contributed by atoms with Gasteiger partial charge in [0.15, 0.2) is 0 Å². The lowest BCUT2D eigenvalue weighted by atomic mass is 10.00. The molecule has 0 aromatic heterocycles. The Hall–Kier alpha value is -1.84. The Balaban J connectivity index is 2.07. The van der Waals surface area contributed by atoms with Gasteiger partial charge in [0, 0.05) is 13.1 Å². The van der Waals surface area contributed by atoms with Gasteiger partial charge in [-0.05, 0) is 24.5 Å². The van der Waals surface area contributed by atoms with E-state index in [9.17, 15) is 9.59 Å². The van der Waals surface area contributed by atoms with Crippen LogP contribution >= 0.6 is 0 Å². The van der Waals surface area contributed by atoms with Gasteiger partial charge in [-0.1, -0.05) is 24.3 Å². The summed E-state index contributed by atoms with van der Waals surface area (Å²) < 4.78 is 4.71. The van der Waals surface area contributed by atoms with Crippen LogP contribution in [0.5, 0.6) is 0 Å². The van der Waals surface area contributed by atoms with E-state index in [2.05, 4.69) is 6.07 Å². The summed E-state index contributed by atoms with van der Waals surface area (Å²) in [6, 6.07) is 7.97. The van der Waals surface area contributed by atoms with Crippen molar-refractivity contribution in [1.82, 2.24) is 4.90 Å². The average Bonchev–Trinajstić information content (AvgIpc) is 2.37. The van der Waals surface area contributed by atoms with Crippen LogP contribution in [0.2, 0.25) is 0 Å². The van der Waals surface area contributed by atoms with Gasteiger partial charge in [0.2, 0.25) is 0 Å². The number of hydrogen-bond acceptors (Lipinski definition) is 3. The van der Waals surface area contributed by atoms with Gasteiger partial charge in [0.05, 0.1) is 6.61 Å². The first-order valence-corrected chi connectivity index (χ1v) is 5.75. The molecule has 0 aliphatic carbocycles. The third kappa shape index (κ3) is 2.46. The van der Waals surface area contributed by atoms with Gasteiger partial charge in [0.25, 0.3) is 0 Å². The van der Waals surface area contributed by atoms with E-state index >= 15 is 0 Å². The maximum atomic E-state index is 11.7. The predicted molar refractivity (Wildman–Crippen MR) is 62.2 cm³/mol. The molecule has 0 N–H and O–H groups in total. The monoisotopic (exact) mass is 233 g/mol. The van der Waals surface area contributed by atoms with Gasteiger partial charge in [0.1, 0.15) is 0 Å². The molecule has 1 aromatic carbocycles. The van der Waals surface area contributed by atoms with E-state index in [4.69, 9.17) is 4.74 Å². The van der Waals surface area contributed by atoms with Crippen molar-refractivity contribution in [3.8, 4) is 0 Å². The van der Waals surface area contributed by atoms with E-state index < -0.39 is 11.9 Å². The molecule has 1 aliphatic heterocycles. The number of nitrogens with zero attached hydrogens (tertiary/aromatic N) is 1. The van der Waals surface area contributed by atoms with Crippen molar-refractivity contribution in [1.29, 1.82) is 0 Å². The molecule has 1 amide bonds. The molecule has 17 heavy (non-hydrogen) atoms. The van der Waals surface area contributed by atoms with Gasteiger partial charge >= 0.3 is 11.9 Å². The highest BCUT2D eigenvalue weighted by atomic mass is 16.5. The van der Waals surface area contributed by atoms with Crippen molar-refractivity contribution >= 4 is 11.9 Å². The van der Waals surface area contributed by atoms with Gasteiger partial charge < -0.3 is 9.64 Å². The summed E-state index contributed by atoms with van der Waals surface area (Å²) in [4.78, 5) is 24.6. The number of amides is 1. The van der Waals surface area contributed by atoms with Gasteiger partial charge in [-0.3, -0.25) is 4.79 Å². The largest absolute Gasteiger partial charge is 0.459 e. The van der Waals surface area contributed by atoms with E-state index in [1.54, 1.807) is 11.8 Å². The highest BCUT2D eigenvalue weighted by Crippen LogP contribution is 2.18. The molecule has 0 radical (unpaired) electrons. The number of ether oxygens (including phenoxy) is 1. The summed E-state index contributed by atoms with van der Waals surface area (Å²) in [7, 11) is 0. The molecular weight excluding hydrogens is 218 g/mol. The Morgan fingerprint density at radius 1 is 1.29 bits per heavy atom. The third-order valence-electron chi connectivity index (χ3n) is 2.87. The summed E-state index contributed by atoms with van der Waals surface area (Å²) >= 11 is 0. The number of hydrogen-bond donors (Lipinski definition) is 0. The molecule has 1 aliphatic rings. The first-order valence-electron chi connectivity index (χ1n) is 5.75. The van der Waals surface area contributed by atoms with Crippen molar-refractivity contribution < 1.29 is 14.3 Å². The fourth-order valence-electron chi connectivity index (χ4n) is 1.99. The van der Waals surface area contributed by atoms with E-state index in [0.717, 1.165) is 12.0 Å². The molecule has 0 atom stereocenters. The Bertz CT molecular complexity index is 442. The highest BCUT2D eigenvalue weighted by Gasteiger charge is 2.26. The van der Waals surface area contributed by atoms with Crippen molar-refractivity contribution in [2.24, 2.45) is 0 Å². The lowest BCUT2D eigenvalue weighted by Gasteiger charge is -2.27. The third-order valence-corrected chi connectivity index (χ3v) is 2.87. The van der Waals surface area contributed by atoms with Crippen molar-refractivity contribution in [2.45, 2.75) is 19.9 Å². The maximum Gasteiger partial charge on any atom is 0.397 e. The number of benzene rings is 1. The smallest absolute Gasteiger partial charge is 0.397 e. The summed E-state index contributed by atoms with van der Waals surface area (Å²) in [6.45, 7) is 2.99. The first kappa shape index (κ1) is 11.6. The van der Waals surface area contributed by atoms with Crippen LogP contribution in [-0.4, -0.2) is 29.9 Å². The summed E-state index contributed by atoms with van der Waals surface area (Å²) in [5, 5.41) is 0. The first-order chi connectivity index (χ1) is 8.22. The topological polar surface area (TPSA) is 46.6 Å². The van der Waals surface area contributed by atoms with E-state index in [-0.39, 0.29) is 6.61 Å². The SMILES string of the molecule is CCOC(=O)C(=O)N1CCc2ccccc2C1. The molecule has 4 heteroatoms. The van der Waals surface area contributed by atoms with Gasteiger partial charge in [-0.15, -0.1) is 0 Å². The molecule has 0 spiro atoms. The van der Waals surface area contributed by atoms with Crippen LogP contribution in [0.1, 0.15) is 18.1 Å². The molecular formula is C13H15NO3. The Morgan fingerprint density at radius 2 is 2.00 bits per heavy atom. The molecule has 1 heterocycles. The molecule has 1 aromatic rings. The molecule has 4 nitrogen and oxygen atoms in total. The molecule has 0 unspecified atom stereocenters. The lowest BCUT2D eigenvalue weighted by molar-refractivity contribution is -0.160. The Kier molecular flexibility index (Phi) is 3.42. The van der Waals surface area contributed by atoms with Crippen LogP contribution in [-0.2, 0) is 27.3 Å². The van der Waals surface area contributed by atoms with Crippen LogP contribution in [0, 0.1) is 0 Å². The zero-order chi connectivity index (χ0) is 12.3. The van der Waals surface area contributed by atoms with E-state index in [0.29, 0.717) is 13.1 Å². The fourth-order valence-corrected chi connectivity index (χ4v) is 1.99. The second kappa shape index (κ2) is 4.99. The van der Waals surface area contributed by atoms with Crippen LogP contribution in [0.15, 0.2) is 24.3 Å². The highest BCUT2D eigenvalue weighted by molar-refractivity contribution is 6.32. The van der Waals surface area contributed by atoms with Crippen LogP contribution in [0.3, 0.4) is 0 Å². The molecule has 90 valence electrons. The Labute approximate surface area is 100 Å². The average molecular weight is 233 g/mol. The van der Waals surface area contributed by atoms with Crippen molar-refractivity contribution in [2.75, 3.05) is 13.2 Å². The quantitative estimate of drug-likeness (QED) is 0.539. The minimum Gasteiger partial charge on any atom is -0.459 e. The normalized spacial score (nSPS) is 14.1. The molecule has 0 saturated carbocycles. The van der Waals surface area contributed by atoms with Crippen LogP contribution in [0.25, 0.3) is 0 Å². The molecule has 2 rings (SSSR count).